The number of halogens is 4. The Kier molecular flexibility index (Phi) is 8.62. The zero-order chi connectivity index (χ0) is 28.1. The molecule has 39 heavy (non-hydrogen) atoms. The standard InChI is InChI=1S/C26H24BrF3N8O/c1-37(2)8-4-5-23(39)33-16-6-7-19(28)22(11-16)35-25-18(15-9-20(29)24(27)21(30)10-15)13-31-26(36-25)34-17-12-32-38(3)14-17/h4-7,9-14H,8H2,1-3H3,(H,33,39)(H2,31,34,35,36)/b5-4+. The number of nitrogens with one attached hydrogen (secondary N) is 3. The molecule has 2 aromatic carbocycles. The lowest BCUT2D eigenvalue weighted by molar-refractivity contribution is -0.111. The molecule has 9 nitrogen and oxygen atoms in total. The highest BCUT2D eigenvalue weighted by molar-refractivity contribution is 9.10. The fourth-order valence-corrected chi connectivity index (χ4v) is 3.68. The van der Waals surface area contributed by atoms with E-state index in [0.29, 0.717) is 17.9 Å². The Morgan fingerprint density at radius 3 is 2.46 bits per heavy atom. The van der Waals surface area contributed by atoms with E-state index >= 15 is 0 Å². The van der Waals surface area contributed by atoms with E-state index in [1.165, 1.54) is 30.5 Å². The van der Waals surface area contributed by atoms with E-state index < -0.39 is 17.5 Å². The molecule has 0 bridgehead atoms. The Labute approximate surface area is 230 Å². The van der Waals surface area contributed by atoms with E-state index in [-0.39, 0.29) is 39.0 Å². The van der Waals surface area contributed by atoms with Crippen molar-refractivity contribution >= 4 is 50.7 Å². The first-order chi connectivity index (χ1) is 18.6. The fourth-order valence-electron chi connectivity index (χ4n) is 3.46. The van der Waals surface area contributed by atoms with E-state index in [1.54, 1.807) is 30.2 Å². The molecule has 0 saturated carbocycles. The molecular weight excluding hydrogens is 577 g/mol. The molecule has 0 unspecified atom stereocenters. The van der Waals surface area contributed by atoms with Gasteiger partial charge in [0.1, 0.15) is 23.3 Å². The van der Waals surface area contributed by atoms with E-state index in [1.807, 2.05) is 19.0 Å². The minimum atomic E-state index is -0.827. The molecule has 202 valence electrons. The Bertz CT molecular complexity index is 1520. The summed E-state index contributed by atoms with van der Waals surface area (Å²) in [4.78, 5) is 22.8. The third-order valence-electron chi connectivity index (χ3n) is 5.27. The number of carbonyl (C=O) groups excluding carboxylic acids is 1. The van der Waals surface area contributed by atoms with Crippen molar-refractivity contribution in [2.75, 3.05) is 36.6 Å². The van der Waals surface area contributed by atoms with Crippen LogP contribution in [-0.2, 0) is 11.8 Å². The summed E-state index contributed by atoms with van der Waals surface area (Å²) in [5.74, 6) is -2.50. The summed E-state index contributed by atoms with van der Waals surface area (Å²) in [7, 11) is 5.48. The van der Waals surface area contributed by atoms with Gasteiger partial charge >= 0.3 is 0 Å². The van der Waals surface area contributed by atoms with Gasteiger partial charge in [-0.2, -0.15) is 10.1 Å². The minimum absolute atomic E-state index is 0.0320. The summed E-state index contributed by atoms with van der Waals surface area (Å²) < 4.78 is 44.8. The number of benzene rings is 2. The molecule has 0 fully saturated rings. The molecule has 13 heteroatoms. The normalized spacial score (nSPS) is 11.3. The lowest BCUT2D eigenvalue weighted by Gasteiger charge is -2.15. The van der Waals surface area contributed by atoms with Crippen LogP contribution >= 0.6 is 15.9 Å². The van der Waals surface area contributed by atoms with E-state index in [0.717, 1.165) is 12.1 Å². The van der Waals surface area contributed by atoms with Gasteiger partial charge in [-0.15, -0.1) is 0 Å². The van der Waals surface area contributed by atoms with E-state index in [4.69, 9.17) is 0 Å². The van der Waals surface area contributed by atoms with Crippen molar-refractivity contribution in [2.24, 2.45) is 7.05 Å². The van der Waals surface area contributed by atoms with Crippen LogP contribution in [0.15, 0.2) is 65.5 Å². The van der Waals surface area contributed by atoms with Crippen LogP contribution in [0.1, 0.15) is 0 Å². The second kappa shape index (κ2) is 12.1. The van der Waals surface area contributed by atoms with Crippen molar-refractivity contribution in [3.8, 4) is 11.1 Å². The molecular formula is C26H24BrF3N8O. The summed E-state index contributed by atoms with van der Waals surface area (Å²) in [5.41, 5.74) is 1.21. The molecule has 4 aromatic rings. The molecule has 2 aromatic heterocycles. The van der Waals surface area contributed by atoms with Crippen LogP contribution < -0.4 is 16.0 Å². The predicted octanol–water partition coefficient (Wildman–Crippen LogP) is 5.60. The maximum atomic E-state index is 14.9. The van der Waals surface area contributed by atoms with Gasteiger partial charge in [-0.05, 0) is 65.9 Å². The van der Waals surface area contributed by atoms with Gasteiger partial charge in [-0.1, -0.05) is 6.08 Å². The molecule has 2 heterocycles. The molecule has 0 aliphatic rings. The number of hydrogen-bond donors (Lipinski definition) is 3. The summed E-state index contributed by atoms with van der Waals surface area (Å²) in [6, 6.07) is 6.19. The number of carbonyl (C=O) groups is 1. The van der Waals surface area contributed by atoms with Crippen LogP contribution in [0.5, 0.6) is 0 Å². The number of rotatable bonds is 9. The molecule has 4 rings (SSSR count). The maximum Gasteiger partial charge on any atom is 0.248 e. The molecule has 0 saturated heterocycles. The van der Waals surface area contributed by atoms with Gasteiger partial charge in [0.05, 0.1) is 22.0 Å². The summed E-state index contributed by atoms with van der Waals surface area (Å²) >= 11 is 2.86. The highest BCUT2D eigenvalue weighted by atomic mass is 79.9. The monoisotopic (exact) mass is 600 g/mol. The molecule has 0 aliphatic carbocycles. The number of likely N-dealkylation sites (N-methyl/N-ethyl adjacent to an activating group) is 1. The quantitative estimate of drug-likeness (QED) is 0.170. The second-order valence-electron chi connectivity index (χ2n) is 8.71. The lowest BCUT2D eigenvalue weighted by Crippen LogP contribution is -2.13. The average molecular weight is 601 g/mol. The van der Waals surface area contributed by atoms with Crippen LogP contribution in [-0.4, -0.2) is 51.2 Å². The van der Waals surface area contributed by atoms with Crippen molar-refractivity contribution in [3.05, 3.63) is 83.0 Å². The molecule has 0 aliphatic heterocycles. The first kappa shape index (κ1) is 27.8. The van der Waals surface area contributed by atoms with Crippen molar-refractivity contribution in [2.45, 2.75) is 0 Å². The van der Waals surface area contributed by atoms with Crippen molar-refractivity contribution in [1.82, 2.24) is 24.6 Å². The first-order valence-electron chi connectivity index (χ1n) is 11.6. The van der Waals surface area contributed by atoms with Gasteiger partial charge < -0.3 is 20.9 Å². The van der Waals surface area contributed by atoms with Crippen LogP contribution in [0.25, 0.3) is 11.1 Å². The number of aromatic nitrogens is 4. The molecule has 0 spiro atoms. The van der Waals surface area contributed by atoms with Crippen LogP contribution in [0.3, 0.4) is 0 Å². The first-order valence-corrected chi connectivity index (χ1v) is 12.3. The van der Waals surface area contributed by atoms with Crippen molar-refractivity contribution < 1.29 is 18.0 Å². The molecule has 0 radical (unpaired) electrons. The van der Waals surface area contributed by atoms with Gasteiger partial charge in [0, 0.05) is 43.3 Å². The summed E-state index contributed by atoms with van der Waals surface area (Å²) in [5, 5.41) is 12.6. The average Bonchev–Trinajstić information content (AvgIpc) is 3.28. The minimum Gasteiger partial charge on any atom is -0.337 e. The largest absolute Gasteiger partial charge is 0.337 e. The van der Waals surface area contributed by atoms with Gasteiger partial charge in [0.2, 0.25) is 11.9 Å². The molecule has 0 atom stereocenters. The van der Waals surface area contributed by atoms with Crippen LogP contribution in [0.4, 0.5) is 42.0 Å². The number of anilines is 5. The number of hydrogen-bond acceptors (Lipinski definition) is 7. The van der Waals surface area contributed by atoms with Gasteiger partial charge in [0.15, 0.2) is 0 Å². The van der Waals surface area contributed by atoms with Crippen LogP contribution in [0.2, 0.25) is 0 Å². The fraction of sp³-hybridized carbons (Fsp3) is 0.154. The Balaban J connectivity index is 1.69. The third kappa shape index (κ3) is 7.21. The van der Waals surface area contributed by atoms with Gasteiger partial charge in [0.25, 0.3) is 0 Å². The lowest BCUT2D eigenvalue weighted by atomic mass is 10.1. The second-order valence-corrected chi connectivity index (χ2v) is 9.50. The topological polar surface area (TPSA) is 100 Å². The zero-order valence-electron chi connectivity index (χ0n) is 21.1. The Morgan fingerprint density at radius 1 is 1.05 bits per heavy atom. The predicted molar refractivity (Wildman–Crippen MR) is 148 cm³/mol. The highest BCUT2D eigenvalue weighted by Gasteiger charge is 2.17. The smallest absolute Gasteiger partial charge is 0.248 e. The van der Waals surface area contributed by atoms with E-state index in [9.17, 15) is 18.0 Å². The summed E-state index contributed by atoms with van der Waals surface area (Å²) in [6.45, 7) is 0.576. The number of nitrogens with zero attached hydrogens (tertiary/aromatic N) is 5. The van der Waals surface area contributed by atoms with Gasteiger partial charge in [-0.3, -0.25) is 9.48 Å². The summed E-state index contributed by atoms with van der Waals surface area (Å²) in [6.07, 6.45) is 7.69. The third-order valence-corrected chi connectivity index (χ3v) is 6.03. The van der Waals surface area contributed by atoms with Crippen molar-refractivity contribution in [1.29, 1.82) is 0 Å². The maximum absolute atomic E-state index is 14.9. The molecule has 3 N–H and O–H groups in total. The Morgan fingerprint density at radius 2 is 1.79 bits per heavy atom. The number of amides is 1. The molecule has 1 amide bonds. The van der Waals surface area contributed by atoms with Crippen molar-refractivity contribution in [3.63, 3.8) is 0 Å². The number of aryl methyl sites for hydroxylation is 1. The van der Waals surface area contributed by atoms with Gasteiger partial charge in [-0.25, -0.2) is 18.2 Å². The Hall–Kier alpha value is -4.23. The SMILES string of the molecule is CN(C)C/C=C/C(=O)Nc1ccc(F)c(Nc2nc(Nc3cnn(C)c3)ncc2-c2cc(F)c(Br)c(F)c2)c1. The van der Waals surface area contributed by atoms with E-state index in [2.05, 4.69) is 46.9 Å². The highest BCUT2D eigenvalue weighted by Crippen LogP contribution is 2.34. The zero-order valence-corrected chi connectivity index (χ0v) is 22.7. The van der Waals surface area contributed by atoms with Crippen LogP contribution in [0, 0.1) is 17.5 Å².